The number of carbonyl (C=O) groups is 1. The molecule has 152 valence electrons. The fourth-order valence-corrected chi connectivity index (χ4v) is 4.88. The molecule has 2 heterocycles. The Morgan fingerprint density at radius 2 is 1.83 bits per heavy atom. The van der Waals surface area contributed by atoms with Crippen LogP contribution in [0.15, 0.2) is 53.8 Å². The number of benzene rings is 2. The minimum absolute atomic E-state index is 0.0725. The third-order valence-electron chi connectivity index (χ3n) is 4.43. The Bertz CT molecular complexity index is 1190. The molecule has 0 spiro atoms. The lowest BCUT2D eigenvalue weighted by Gasteiger charge is -2.07. The van der Waals surface area contributed by atoms with Crippen molar-refractivity contribution in [2.24, 2.45) is 0 Å². The molecule has 4 aromatic rings. The molecule has 0 bridgehead atoms. The van der Waals surface area contributed by atoms with Gasteiger partial charge >= 0.3 is 0 Å². The highest BCUT2D eigenvalue weighted by Crippen LogP contribution is 2.34. The van der Waals surface area contributed by atoms with Crippen LogP contribution in [-0.2, 0) is 4.79 Å². The summed E-state index contributed by atoms with van der Waals surface area (Å²) in [4.78, 5) is 21.2. The van der Waals surface area contributed by atoms with Gasteiger partial charge in [-0.2, -0.15) is 4.37 Å². The summed E-state index contributed by atoms with van der Waals surface area (Å²) in [6.45, 7) is 4.03. The van der Waals surface area contributed by atoms with Gasteiger partial charge in [0.15, 0.2) is 0 Å². The Morgan fingerprint density at radius 3 is 2.53 bits per heavy atom. The third-order valence-corrected chi connectivity index (χ3v) is 6.39. The Kier molecular flexibility index (Phi) is 5.96. The van der Waals surface area contributed by atoms with Crippen LogP contribution in [0, 0.1) is 13.8 Å². The van der Waals surface area contributed by atoms with Gasteiger partial charge in [0.25, 0.3) is 0 Å². The highest BCUT2D eigenvalue weighted by molar-refractivity contribution is 8.00. The zero-order valence-corrected chi connectivity index (χ0v) is 18.4. The van der Waals surface area contributed by atoms with Crippen molar-refractivity contribution < 1.29 is 9.53 Å². The molecule has 0 aliphatic heterocycles. The van der Waals surface area contributed by atoms with E-state index in [4.69, 9.17) is 4.74 Å². The molecule has 4 rings (SSSR count). The molecule has 1 N–H and O–H groups in total. The van der Waals surface area contributed by atoms with Gasteiger partial charge in [0.2, 0.25) is 5.91 Å². The van der Waals surface area contributed by atoms with Gasteiger partial charge in [-0.25, -0.2) is 9.97 Å². The van der Waals surface area contributed by atoms with Gasteiger partial charge in [-0.1, -0.05) is 17.8 Å². The Hall–Kier alpha value is -2.97. The maximum atomic E-state index is 12.4. The molecule has 0 aliphatic carbocycles. The fourth-order valence-electron chi connectivity index (χ4n) is 3.16. The molecule has 2 aromatic heterocycles. The number of hydrogen-bond acceptors (Lipinski definition) is 7. The number of nitrogens with zero attached hydrogens (tertiary/aromatic N) is 3. The summed E-state index contributed by atoms with van der Waals surface area (Å²) in [5.74, 6) is 0.977. The second-order valence-electron chi connectivity index (χ2n) is 6.83. The highest BCUT2D eigenvalue weighted by atomic mass is 32.2. The lowest BCUT2D eigenvalue weighted by atomic mass is 10.1. The van der Waals surface area contributed by atoms with Crippen molar-refractivity contribution >= 4 is 45.1 Å². The van der Waals surface area contributed by atoms with E-state index in [0.29, 0.717) is 0 Å². The summed E-state index contributed by atoms with van der Waals surface area (Å²) in [6, 6.07) is 13.7. The maximum Gasteiger partial charge on any atom is 0.234 e. The number of amides is 1. The van der Waals surface area contributed by atoms with Gasteiger partial charge in [0, 0.05) is 11.3 Å². The van der Waals surface area contributed by atoms with Crippen LogP contribution in [0.4, 0.5) is 5.69 Å². The number of methoxy groups -OCH3 is 1. The molecule has 6 nitrogen and oxygen atoms in total. The van der Waals surface area contributed by atoms with Crippen LogP contribution < -0.4 is 10.1 Å². The predicted molar refractivity (Wildman–Crippen MR) is 122 cm³/mol. The van der Waals surface area contributed by atoms with Gasteiger partial charge in [0.1, 0.15) is 33.0 Å². The monoisotopic (exact) mass is 436 g/mol. The zero-order chi connectivity index (χ0) is 21.1. The topological polar surface area (TPSA) is 77.0 Å². The van der Waals surface area contributed by atoms with Crippen molar-refractivity contribution in [1.82, 2.24) is 14.3 Å². The van der Waals surface area contributed by atoms with Crippen LogP contribution in [0.5, 0.6) is 5.75 Å². The SMILES string of the molecule is COc1ccc(-c2nsc3c(SCC(=O)Nc4cc(C)cc(C)c4)ncnc23)cc1. The Morgan fingerprint density at radius 1 is 1.10 bits per heavy atom. The van der Waals surface area contributed by atoms with E-state index in [0.717, 1.165) is 49.1 Å². The van der Waals surface area contributed by atoms with E-state index in [2.05, 4.69) is 25.7 Å². The number of fused-ring (bicyclic) bond motifs is 1. The summed E-state index contributed by atoms with van der Waals surface area (Å²) in [6.07, 6.45) is 1.52. The number of aryl methyl sites for hydroxylation is 2. The second kappa shape index (κ2) is 8.81. The van der Waals surface area contributed by atoms with E-state index >= 15 is 0 Å². The molecular formula is C22H20N4O2S2. The van der Waals surface area contributed by atoms with Crippen LogP contribution in [0.2, 0.25) is 0 Å². The molecule has 0 saturated heterocycles. The van der Waals surface area contributed by atoms with Gasteiger partial charge in [-0.05, 0) is 72.9 Å². The van der Waals surface area contributed by atoms with Gasteiger partial charge < -0.3 is 10.1 Å². The van der Waals surface area contributed by atoms with E-state index in [1.54, 1.807) is 7.11 Å². The van der Waals surface area contributed by atoms with Crippen molar-refractivity contribution in [3.8, 4) is 17.0 Å². The molecule has 0 atom stereocenters. The number of thioether (sulfide) groups is 1. The van der Waals surface area contributed by atoms with E-state index < -0.39 is 0 Å². The first kappa shape index (κ1) is 20.3. The van der Waals surface area contributed by atoms with Crippen LogP contribution in [0.1, 0.15) is 11.1 Å². The Labute approximate surface area is 182 Å². The average Bonchev–Trinajstić information content (AvgIpc) is 3.16. The minimum Gasteiger partial charge on any atom is -0.497 e. The fraction of sp³-hybridized carbons (Fsp3) is 0.182. The van der Waals surface area contributed by atoms with Crippen molar-refractivity contribution in [2.75, 3.05) is 18.2 Å². The molecule has 0 radical (unpaired) electrons. The Balaban J connectivity index is 1.50. The number of rotatable bonds is 6. The predicted octanol–water partition coefficient (Wildman–Crippen LogP) is 5.11. The average molecular weight is 437 g/mol. The van der Waals surface area contributed by atoms with Gasteiger partial charge in [-0.15, -0.1) is 0 Å². The second-order valence-corrected chi connectivity index (χ2v) is 8.57. The molecule has 0 saturated carbocycles. The zero-order valence-electron chi connectivity index (χ0n) is 16.8. The number of aromatic nitrogens is 3. The van der Waals surface area contributed by atoms with E-state index in [-0.39, 0.29) is 11.7 Å². The summed E-state index contributed by atoms with van der Waals surface area (Å²) >= 11 is 2.73. The maximum absolute atomic E-state index is 12.4. The molecular weight excluding hydrogens is 416 g/mol. The number of carbonyl (C=O) groups excluding carboxylic acids is 1. The molecule has 30 heavy (non-hydrogen) atoms. The first-order valence-corrected chi connectivity index (χ1v) is 11.0. The summed E-state index contributed by atoms with van der Waals surface area (Å²) in [5, 5.41) is 3.71. The highest BCUT2D eigenvalue weighted by Gasteiger charge is 2.15. The smallest absolute Gasteiger partial charge is 0.234 e. The van der Waals surface area contributed by atoms with Crippen LogP contribution in [-0.4, -0.2) is 33.1 Å². The minimum atomic E-state index is -0.0725. The molecule has 1 amide bonds. The van der Waals surface area contributed by atoms with Crippen LogP contribution >= 0.6 is 23.3 Å². The molecule has 0 fully saturated rings. The molecule has 8 heteroatoms. The van der Waals surface area contributed by atoms with E-state index in [1.165, 1.54) is 29.6 Å². The van der Waals surface area contributed by atoms with Crippen LogP contribution in [0.3, 0.4) is 0 Å². The number of anilines is 1. The van der Waals surface area contributed by atoms with E-state index in [1.807, 2.05) is 50.2 Å². The van der Waals surface area contributed by atoms with Crippen molar-refractivity contribution in [1.29, 1.82) is 0 Å². The summed E-state index contributed by atoms with van der Waals surface area (Å²) < 4.78 is 10.7. The van der Waals surface area contributed by atoms with Crippen molar-refractivity contribution in [2.45, 2.75) is 18.9 Å². The van der Waals surface area contributed by atoms with Crippen molar-refractivity contribution in [3.63, 3.8) is 0 Å². The number of ether oxygens (including phenoxy) is 1. The molecule has 0 unspecified atom stereocenters. The molecule has 0 aliphatic rings. The first-order valence-electron chi connectivity index (χ1n) is 9.29. The van der Waals surface area contributed by atoms with Crippen LogP contribution in [0.25, 0.3) is 21.5 Å². The standard InChI is InChI=1S/C22H20N4O2S2/c1-13-8-14(2)10-16(9-13)25-18(27)11-29-22-21-20(23-12-24-22)19(26-30-21)15-4-6-17(28-3)7-5-15/h4-10,12H,11H2,1-3H3,(H,25,27). The number of nitrogens with one attached hydrogen (secondary N) is 1. The van der Waals surface area contributed by atoms with Gasteiger partial charge in [-0.3, -0.25) is 4.79 Å². The summed E-state index contributed by atoms with van der Waals surface area (Å²) in [5.41, 5.74) is 5.60. The normalized spacial score (nSPS) is 10.9. The largest absolute Gasteiger partial charge is 0.497 e. The van der Waals surface area contributed by atoms with Gasteiger partial charge in [0.05, 0.1) is 12.9 Å². The first-order chi connectivity index (χ1) is 14.5. The summed E-state index contributed by atoms with van der Waals surface area (Å²) in [7, 11) is 1.64. The van der Waals surface area contributed by atoms with E-state index in [9.17, 15) is 4.79 Å². The lowest BCUT2D eigenvalue weighted by molar-refractivity contribution is -0.113. The number of hydrogen-bond donors (Lipinski definition) is 1. The quantitative estimate of drug-likeness (QED) is 0.334. The third kappa shape index (κ3) is 4.44. The lowest BCUT2D eigenvalue weighted by Crippen LogP contribution is -2.14. The molecule has 2 aromatic carbocycles. The van der Waals surface area contributed by atoms with Crippen molar-refractivity contribution in [3.05, 3.63) is 59.9 Å².